The molecule has 0 aliphatic rings. The highest BCUT2D eigenvalue weighted by Gasteiger charge is 2.09. The molecule has 0 bridgehead atoms. The largest absolute Gasteiger partial charge is 0.493 e. The van der Waals surface area contributed by atoms with E-state index in [4.69, 9.17) is 4.74 Å². The quantitative estimate of drug-likeness (QED) is 0.699. The third-order valence-electron chi connectivity index (χ3n) is 3.67. The van der Waals surface area contributed by atoms with E-state index in [9.17, 15) is 4.79 Å². The van der Waals surface area contributed by atoms with Gasteiger partial charge in [0.05, 0.1) is 23.2 Å². The van der Waals surface area contributed by atoms with Crippen molar-refractivity contribution in [1.29, 1.82) is 0 Å². The lowest BCUT2D eigenvalue weighted by Crippen LogP contribution is -2.14. The topological polar surface area (TPSA) is 51.2 Å². The third kappa shape index (κ3) is 4.11. The van der Waals surface area contributed by atoms with Crippen LogP contribution >= 0.6 is 11.3 Å². The second-order valence-electron chi connectivity index (χ2n) is 5.86. The first-order valence-corrected chi connectivity index (χ1v) is 8.81. The molecule has 1 aromatic heterocycles. The second kappa shape index (κ2) is 7.45. The van der Waals surface area contributed by atoms with Gasteiger partial charge in [-0.05, 0) is 35.7 Å². The standard InChI is InChI=1S/C19H20N2O2S/c1-13(2)14-8-9-16-17(12-14)24-19(20-16)21-18(22)10-11-23-15-6-4-3-5-7-15/h3-9,12-13H,10-11H2,1-2H3,(H,20,21,22). The van der Waals surface area contributed by atoms with E-state index < -0.39 is 0 Å². The van der Waals surface area contributed by atoms with Crippen LogP contribution in [-0.2, 0) is 4.79 Å². The fourth-order valence-electron chi connectivity index (χ4n) is 2.31. The molecule has 0 saturated heterocycles. The van der Waals surface area contributed by atoms with Crippen molar-refractivity contribution >= 4 is 32.6 Å². The monoisotopic (exact) mass is 340 g/mol. The number of anilines is 1. The van der Waals surface area contributed by atoms with Gasteiger partial charge in [-0.2, -0.15) is 0 Å². The van der Waals surface area contributed by atoms with Gasteiger partial charge in [0.25, 0.3) is 0 Å². The minimum Gasteiger partial charge on any atom is -0.493 e. The Hall–Kier alpha value is -2.40. The molecule has 1 amide bonds. The summed E-state index contributed by atoms with van der Waals surface area (Å²) >= 11 is 1.50. The summed E-state index contributed by atoms with van der Waals surface area (Å²) in [4.78, 5) is 16.5. The van der Waals surface area contributed by atoms with Crippen molar-refractivity contribution in [2.45, 2.75) is 26.2 Å². The van der Waals surface area contributed by atoms with Crippen LogP contribution in [-0.4, -0.2) is 17.5 Å². The van der Waals surface area contributed by atoms with Crippen molar-refractivity contribution in [2.24, 2.45) is 0 Å². The Bertz CT molecular complexity index is 828. The molecule has 0 saturated carbocycles. The molecular weight excluding hydrogens is 320 g/mol. The van der Waals surface area contributed by atoms with E-state index in [2.05, 4.69) is 36.3 Å². The zero-order chi connectivity index (χ0) is 16.9. The number of rotatable bonds is 6. The van der Waals surface area contributed by atoms with E-state index >= 15 is 0 Å². The summed E-state index contributed by atoms with van der Waals surface area (Å²) in [6.45, 7) is 4.67. The molecule has 2 aromatic carbocycles. The lowest BCUT2D eigenvalue weighted by atomic mass is 10.0. The van der Waals surface area contributed by atoms with E-state index in [0.717, 1.165) is 16.0 Å². The summed E-state index contributed by atoms with van der Waals surface area (Å²) in [6, 6.07) is 15.7. The first-order valence-electron chi connectivity index (χ1n) is 8.00. The average molecular weight is 340 g/mol. The zero-order valence-electron chi connectivity index (χ0n) is 13.8. The number of carbonyl (C=O) groups is 1. The molecule has 3 rings (SSSR count). The molecule has 3 aromatic rings. The van der Waals surface area contributed by atoms with E-state index in [1.54, 1.807) is 0 Å². The fourth-order valence-corrected chi connectivity index (χ4v) is 3.24. The Morgan fingerprint density at radius 2 is 2.00 bits per heavy atom. The number of thiazole rings is 1. The van der Waals surface area contributed by atoms with Crippen LogP contribution in [0.4, 0.5) is 5.13 Å². The Morgan fingerprint density at radius 3 is 2.75 bits per heavy atom. The van der Waals surface area contributed by atoms with Gasteiger partial charge in [0.2, 0.25) is 5.91 Å². The Morgan fingerprint density at radius 1 is 1.21 bits per heavy atom. The van der Waals surface area contributed by atoms with Gasteiger partial charge in [0, 0.05) is 0 Å². The summed E-state index contributed by atoms with van der Waals surface area (Å²) in [6.07, 6.45) is 0.294. The molecule has 0 spiro atoms. The number of nitrogens with one attached hydrogen (secondary N) is 1. The third-order valence-corrected chi connectivity index (χ3v) is 4.60. The number of ether oxygens (including phenoxy) is 1. The predicted octanol–water partition coefficient (Wildman–Crippen LogP) is 4.83. The highest BCUT2D eigenvalue weighted by Crippen LogP contribution is 2.29. The second-order valence-corrected chi connectivity index (χ2v) is 6.89. The van der Waals surface area contributed by atoms with Gasteiger partial charge < -0.3 is 10.1 Å². The first kappa shape index (κ1) is 16.5. The number of fused-ring (bicyclic) bond motifs is 1. The fraction of sp³-hybridized carbons (Fsp3) is 0.263. The Kier molecular flexibility index (Phi) is 5.11. The summed E-state index contributed by atoms with van der Waals surface area (Å²) < 4.78 is 6.63. The normalized spacial score (nSPS) is 11.0. The maximum Gasteiger partial charge on any atom is 0.229 e. The molecular formula is C19H20N2O2S. The zero-order valence-corrected chi connectivity index (χ0v) is 14.6. The van der Waals surface area contributed by atoms with Crippen molar-refractivity contribution in [3.05, 3.63) is 54.1 Å². The number of aromatic nitrogens is 1. The first-order chi connectivity index (χ1) is 11.6. The number of nitrogens with zero attached hydrogens (tertiary/aromatic N) is 1. The minimum atomic E-state index is -0.0888. The highest BCUT2D eigenvalue weighted by molar-refractivity contribution is 7.22. The van der Waals surface area contributed by atoms with Gasteiger partial charge in [-0.25, -0.2) is 4.98 Å². The van der Waals surface area contributed by atoms with Crippen molar-refractivity contribution in [2.75, 3.05) is 11.9 Å². The number of para-hydroxylation sites is 1. The van der Waals surface area contributed by atoms with Crippen molar-refractivity contribution < 1.29 is 9.53 Å². The molecule has 5 heteroatoms. The highest BCUT2D eigenvalue weighted by atomic mass is 32.1. The number of benzene rings is 2. The number of hydrogen-bond donors (Lipinski definition) is 1. The van der Waals surface area contributed by atoms with Crippen LogP contribution in [0.1, 0.15) is 31.7 Å². The van der Waals surface area contributed by atoms with E-state index in [1.807, 2.05) is 36.4 Å². The van der Waals surface area contributed by atoms with E-state index in [1.165, 1.54) is 16.9 Å². The molecule has 0 aliphatic heterocycles. The van der Waals surface area contributed by atoms with Crippen LogP contribution in [0.2, 0.25) is 0 Å². The van der Waals surface area contributed by atoms with Gasteiger partial charge in [0.15, 0.2) is 5.13 Å². The van der Waals surface area contributed by atoms with Gasteiger partial charge in [0.1, 0.15) is 5.75 Å². The minimum absolute atomic E-state index is 0.0888. The van der Waals surface area contributed by atoms with Crippen LogP contribution in [0.3, 0.4) is 0 Å². The van der Waals surface area contributed by atoms with Gasteiger partial charge in [-0.15, -0.1) is 0 Å². The molecule has 24 heavy (non-hydrogen) atoms. The molecule has 0 aliphatic carbocycles. The van der Waals surface area contributed by atoms with Crippen LogP contribution in [0.25, 0.3) is 10.2 Å². The predicted molar refractivity (Wildman–Crippen MR) is 98.9 cm³/mol. The van der Waals surface area contributed by atoms with Crippen LogP contribution in [0, 0.1) is 0 Å². The maximum absolute atomic E-state index is 12.0. The maximum atomic E-state index is 12.0. The molecule has 1 heterocycles. The summed E-state index contributed by atoms with van der Waals surface area (Å²) in [5, 5.41) is 3.49. The molecule has 0 atom stereocenters. The SMILES string of the molecule is CC(C)c1ccc2nc(NC(=O)CCOc3ccccc3)sc2c1. The molecule has 1 N–H and O–H groups in total. The Labute approximate surface area is 145 Å². The van der Waals surface area contributed by atoms with Gasteiger partial charge >= 0.3 is 0 Å². The average Bonchev–Trinajstić information content (AvgIpc) is 2.96. The van der Waals surface area contributed by atoms with E-state index in [0.29, 0.717) is 24.1 Å². The molecule has 4 nitrogen and oxygen atoms in total. The summed E-state index contributed by atoms with van der Waals surface area (Å²) in [7, 11) is 0. The smallest absolute Gasteiger partial charge is 0.229 e. The summed E-state index contributed by atoms with van der Waals surface area (Å²) in [5.74, 6) is 1.16. The Balaban J connectivity index is 1.57. The van der Waals surface area contributed by atoms with Crippen molar-refractivity contribution in [3.8, 4) is 5.75 Å². The van der Waals surface area contributed by atoms with Crippen LogP contribution in [0.5, 0.6) is 5.75 Å². The number of carbonyl (C=O) groups excluding carboxylic acids is 1. The summed E-state index contributed by atoms with van der Waals surface area (Å²) in [5.41, 5.74) is 2.19. The van der Waals surface area contributed by atoms with Gasteiger partial charge in [-0.1, -0.05) is 49.4 Å². The molecule has 0 fully saturated rings. The van der Waals surface area contributed by atoms with E-state index in [-0.39, 0.29) is 5.91 Å². The number of hydrogen-bond acceptors (Lipinski definition) is 4. The van der Waals surface area contributed by atoms with Gasteiger partial charge in [-0.3, -0.25) is 4.79 Å². The van der Waals surface area contributed by atoms with Crippen LogP contribution < -0.4 is 10.1 Å². The molecule has 0 unspecified atom stereocenters. The number of amides is 1. The van der Waals surface area contributed by atoms with Crippen molar-refractivity contribution in [1.82, 2.24) is 4.98 Å². The molecule has 0 radical (unpaired) electrons. The lowest BCUT2D eigenvalue weighted by molar-refractivity contribution is -0.116. The van der Waals surface area contributed by atoms with Crippen LogP contribution in [0.15, 0.2) is 48.5 Å². The lowest BCUT2D eigenvalue weighted by Gasteiger charge is -2.05. The molecule has 124 valence electrons. The van der Waals surface area contributed by atoms with Crippen molar-refractivity contribution in [3.63, 3.8) is 0 Å².